The average Bonchev–Trinajstić information content (AvgIpc) is 3.12. The van der Waals surface area contributed by atoms with Gasteiger partial charge in [0.05, 0.1) is 25.8 Å². The predicted octanol–water partition coefficient (Wildman–Crippen LogP) is 2.82. The molecule has 2 bridgehead atoms. The number of anilines is 1. The van der Waals surface area contributed by atoms with Crippen molar-refractivity contribution in [2.45, 2.75) is 31.4 Å². The van der Waals surface area contributed by atoms with Crippen LogP contribution >= 0.6 is 0 Å². The van der Waals surface area contributed by atoms with E-state index in [9.17, 15) is 5.11 Å². The topological polar surface area (TPSA) is 63.6 Å². The summed E-state index contributed by atoms with van der Waals surface area (Å²) in [6.07, 6.45) is 3.00. The third kappa shape index (κ3) is 2.49. The summed E-state index contributed by atoms with van der Waals surface area (Å²) in [5.41, 5.74) is 0.885. The van der Waals surface area contributed by atoms with E-state index in [2.05, 4.69) is 11.4 Å². The first-order chi connectivity index (χ1) is 11.2. The van der Waals surface area contributed by atoms with E-state index in [4.69, 9.17) is 14.5 Å². The zero-order chi connectivity index (χ0) is 16.0. The lowest BCUT2D eigenvalue weighted by molar-refractivity contribution is 0.110. The van der Waals surface area contributed by atoms with E-state index in [1.54, 1.807) is 14.2 Å². The van der Waals surface area contributed by atoms with Gasteiger partial charge in [-0.05, 0) is 49.3 Å². The monoisotopic (exact) mass is 314 g/mol. The first-order valence-corrected chi connectivity index (χ1v) is 8.15. The third-order valence-corrected chi connectivity index (χ3v) is 5.35. The molecule has 5 heteroatoms. The smallest absolute Gasteiger partial charge is 0.162 e. The number of aliphatic hydroxyl groups excluding tert-OH is 1. The molecule has 1 aromatic heterocycles. The van der Waals surface area contributed by atoms with Crippen molar-refractivity contribution in [2.75, 3.05) is 19.5 Å². The molecule has 0 saturated heterocycles. The Morgan fingerprint density at radius 1 is 1.04 bits per heavy atom. The molecule has 0 spiro atoms. The van der Waals surface area contributed by atoms with E-state index in [0.29, 0.717) is 29.4 Å². The summed E-state index contributed by atoms with van der Waals surface area (Å²) in [6.45, 7) is 0. The van der Waals surface area contributed by atoms with Crippen molar-refractivity contribution >= 4 is 16.7 Å². The molecule has 4 rings (SSSR count). The van der Waals surface area contributed by atoms with Gasteiger partial charge in [-0.25, -0.2) is 4.98 Å². The maximum absolute atomic E-state index is 9.88. The number of hydrogen-bond donors (Lipinski definition) is 2. The van der Waals surface area contributed by atoms with Gasteiger partial charge in [-0.1, -0.05) is 0 Å². The highest BCUT2D eigenvalue weighted by molar-refractivity contribution is 5.84. The van der Waals surface area contributed by atoms with Crippen LogP contribution in [0.3, 0.4) is 0 Å². The van der Waals surface area contributed by atoms with Crippen molar-refractivity contribution in [3.63, 3.8) is 0 Å². The second kappa shape index (κ2) is 5.57. The van der Waals surface area contributed by atoms with Crippen molar-refractivity contribution in [3.8, 4) is 11.5 Å². The van der Waals surface area contributed by atoms with E-state index >= 15 is 0 Å². The number of aromatic nitrogens is 1. The molecule has 2 N–H and O–H groups in total. The summed E-state index contributed by atoms with van der Waals surface area (Å²) < 4.78 is 10.7. The number of fused-ring (bicyclic) bond motifs is 3. The Morgan fingerprint density at radius 3 is 2.48 bits per heavy atom. The molecule has 2 aromatic rings. The Balaban J connectivity index is 1.59. The van der Waals surface area contributed by atoms with Crippen LogP contribution in [0.5, 0.6) is 11.5 Å². The Labute approximate surface area is 135 Å². The second-order valence-electron chi connectivity index (χ2n) is 6.64. The number of nitrogens with one attached hydrogen (secondary N) is 1. The van der Waals surface area contributed by atoms with Crippen molar-refractivity contribution in [1.29, 1.82) is 0 Å². The van der Waals surface area contributed by atoms with E-state index < -0.39 is 0 Å². The van der Waals surface area contributed by atoms with Gasteiger partial charge in [0, 0.05) is 17.5 Å². The van der Waals surface area contributed by atoms with E-state index in [-0.39, 0.29) is 6.10 Å². The molecule has 0 amide bonds. The second-order valence-corrected chi connectivity index (χ2v) is 6.64. The highest BCUT2D eigenvalue weighted by atomic mass is 16.5. The molecule has 122 valence electrons. The summed E-state index contributed by atoms with van der Waals surface area (Å²) in [6, 6.07) is 8.34. The van der Waals surface area contributed by atoms with Crippen LogP contribution in [-0.2, 0) is 0 Å². The van der Waals surface area contributed by atoms with Crippen LogP contribution in [0, 0.1) is 11.8 Å². The van der Waals surface area contributed by atoms with E-state index in [0.717, 1.165) is 36.0 Å². The van der Waals surface area contributed by atoms with Crippen molar-refractivity contribution in [1.82, 2.24) is 4.98 Å². The molecule has 2 aliphatic rings. The largest absolute Gasteiger partial charge is 0.493 e. The Hall–Kier alpha value is -2.01. The standard InChI is InChI=1S/C18H22N2O3/c1-22-16-8-10-3-4-18(20-14(10)9-17(16)23-2)19-13-6-12-5-11(13)7-15(12)21/h3-4,8-9,11-13,15,21H,5-7H2,1-2H3,(H,19,20)/t11?,12?,13-,15+/m1/s1. The lowest BCUT2D eigenvalue weighted by atomic mass is 9.93. The fourth-order valence-corrected chi connectivity index (χ4v) is 4.14. The van der Waals surface area contributed by atoms with Crippen molar-refractivity contribution < 1.29 is 14.6 Å². The molecule has 2 saturated carbocycles. The highest BCUT2D eigenvalue weighted by Gasteiger charge is 2.45. The molecule has 2 unspecified atom stereocenters. The molecule has 4 atom stereocenters. The first kappa shape index (κ1) is 14.6. The maximum Gasteiger partial charge on any atom is 0.162 e. The summed E-state index contributed by atoms with van der Waals surface area (Å²) in [7, 11) is 3.27. The van der Waals surface area contributed by atoms with Gasteiger partial charge in [0.2, 0.25) is 0 Å². The molecule has 2 aliphatic carbocycles. The van der Waals surface area contributed by atoms with Crippen LogP contribution in [0.2, 0.25) is 0 Å². The fraction of sp³-hybridized carbons (Fsp3) is 0.500. The minimum atomic E-state index is -0.0978. The molecule has 1 aromatic carbocycles. The van der Waals surface area contributed by atoms with Crippen LogP contribution in [0.25, 0.3) is 10.9 Å². The van der Waals surface area contributed by atoms with Crippen LogP contribution in [0.4, 0.5) is 5.82 Å². The maximum atomic E-state index is 9.88. The summed E-state index contributed by atoms with van der Waals surface area (Å²) in [4.78, 5) is 4.72. The van der Waals surface area contributed by atoms with Gasteiger partial charge in [-0.15, -0.1) is 0 Å². The van der Waals surface area contributed by atoms with Gasteiger partial charge >= 0.3 is 0 Å². The van der Waals surface area contributed by atoms with Gasteiger partial charge in [0.1, 0.15) is 5.82 Å². The highest BCUT2D eigenvalue weighted by Crippen LogP contribution is 2.45. The van der Waals surface area contributed by atoms with Crippen LogP contribution < -0.4 is 14.8 Å². The zero-order valence-electron chi connectivity index (χ0n) is 13.5. The zero-order valence-corrected chi connectivity index (χ0v) is 13.5. The minimum Gasteiger partial charge on any atom is -0.493 e. The van der Waals surface area contributed by atoms with Gasteiger partial charge in [0.25, 0.3) is 0 Å². The summed E-state index contributed by atoms with van der Waals surface area (Å²) in [5.74, 6) is 3.31. The number of pyridine rings is 1. The Morgan fingerprint density at radius 2 is 1.83 bits per heavy atom. The van der Waals surface area contributed by atoms with Crippen LogP contribution in [0.1, 0.15) is 19.3 Å². The number of aliphatic hydroxyl groups is 1. The Bertz CT molecular complexity index is 732. The van der Waals surface area contributed by atoms with Gasteiger partial charge in [-0.3, -0.25) is 0 Å². The minimum absolute atomic E-state index is 0.0978. The number of hydrogen-bond acceptors (Lipinski definition) is 5. The quantitative estimate of drug-likeness (QED) is 0.908. The van der Waals surface area contributed by atoms with Gasteiger partial charge in [0.15, 0.2) is 11.5 Å². The molecule has 0 aliphatic heterocycles. The number of benzene rings is 1. The molecule has 23 heavy (non-hydrogen) atoms. The predicted molar refractivity (Wildman–Crippen MR) is 89.1 cm³/mol. The number of rotatable bonds is 4. The normalized spacial score (nSPS) is 29.0. The third-order valence-electron chi connectivity index (χ3n) is 5.35. The van der Waals surface area contributed by atoms with Gasteiger partial charge in [-0.2, -0.15) is 0 Å². The molecule has 0 radical (unpaired) electrons. The SMILES string of the molecule is COc1cc2ccc(N[C@@H]3CC4CC3C[C@@H]4O)nc2cc1OC. The molecule has 5 nitrogen and oxygen atoms in total. The fourth-order valence-electron chi connectivity index (χ4n) is 4.14. The average molecular weight is 314 g/mol. The van der Waals surface area contributed by atoms with Crippen LogP contribution in [-0.4, -0.2) is 36.5 Å². The van der Waals surface area contributed by atoms with Crippen LogP contribution in [0.15, 0.2) is 24.3 Å². The number of ether oxygens (including phenoxy) is 2. The van der Waals surface area contributed by atoms with Crippen molar-refractivity contribution in [3.05, 3.63) is 24.3 Å². The first-order valence-electron chi connectivity index (χ1n) is 8.15. The lowest BCUT2D eigenvalue weighted by Gasteiger charge is -2.26. The summed E-state index contributed by atoms with van der Waals surface area (Å²) in [5, 5.41) is 14.5. The number of nitrogens with zero attached hydrogens (tertiary/aromatic N) is 1. The van der Waals surface area contributed by atoms with E-state index in [1.807, 2.05) is 18.2 Å². The lowest BCUT2D eigenvalue weighted by Crippen LogP contribution is -2.31. The van der Waals surface area contributed by atoms with Crippen molar-refractivity contribution in [2.24, 2.45) is 11.8 Å². The number of methoxy groups -OCH3 is 2. The van der Waals surface area contributed by atoms with Gasteiger partial charge < -0.3 is 19.9 Å². The molecular formula is C18H22N2O3. The summed E-state index contributed by atoms with van der Waals surface area (Å²) >= 11 is 0. The van der Waals surface area contributed by atoms with E-state index in [1.165, 1.54) is 0 Å². The molecular weight excluding hydrogens is 292 g/mol. The molecule has 1 heterocycles. The Kier molecular flexibility index (Phi) is 3.53. The molecule has 2 fully saturated rings.